The van der Waals surface area contributed by atoms with Gasteiger partial charge in [0.15, 0.2) is 0 Å². The van der Waals surface area contributed by atoms with Crippen molar-refractivity contribution in [3.05, 3.63) is 42.4 Å². The molecule has 7 heteroatoms. The number of hydrogen-bond acceptors (Lipinski definition) is 6. The highest BCUT2D eigenvalue weighted by molar-refractivity contribution is 6.04. The number of benzene rings is 1. The molecule has 0 atom stereocenters. The maximum absolute atomic E-state index is 12.7. The second-order valence-electron chi connectivity index (χ2n) is 6.82. The Kier molecular flexibility index (Phi) is 7.19. The van der Waals surface area contributed by atoms with Gasteiger partial charge in [0, 0.05) is 26.2 Å². The topological polar surface area (TPSA) is 70.6 Å². The van der Waals surface area contributed by atoms with Gasteiger partial charge in [-0.3, -0.25) is 4.79 Å². The van der Waals surface area contributed by atoms with Crippen LogP contribution >= 0.6 is 0 Å². The minimum Gasteiger partial charge on any atom is -0.378 e. The fourth-order valence-electron chi connectivity index (χ4n) is 3.33. The molecule has 1 amide bonds. The van der Waals surface area contributed by atoms with Crippen molar-refractivity contribution >= 4 is 23.1 Å². The van der Waals surface area contributed by atoms with E-state index in [0.717, 1.165) is 56.2 Å². The lowest BCUT2D eigenvalue weighted by molar-refractivity contribution is 0.102. The minimum atomic E-state index is -0.253. The molecule has 1 fully saturated rings. The molecule has 0 aliphatic carbocycles. The van der Waals surface area contributed by atoms with Gasteiger partial charge in [-0.05, 0) is 25.0 Å². The molecule has 1 aliphatic heterocycles. The first kappa shape index (κ1) is 20.1. The normalized spacial score (nSPS) is 14.0. The first-order valence-electron chi connectivity index (χ1n) is 10.0. The number of anilines is 3. The lowest BCUT2D eigenvalue weighted by atomic mass is 10.2. The molecule has 1 aromatic heterocycles. The van der Waals surface area contributed by atoms with Crippen molar-refractivity contribution in [3.8, 4) is 0 Å². The number of amides is 1. The van der Waals surface area contributed by atoms with E-state index in [0.29, 0.717) is 18.9 Å². The van der Waals surface area contributed by atoms with Crippen LogP contribution in [0.25, 0.3) is 0 Å². The molecule has 0 radical (unpaired) electrons. The van der Waals surface area contributed by atoms with Crippen LogP contribution in [0.15, 0.2) is 36.7 Å². The van der Waals surface area contributed by atoms with E-state index >= 15 is 0 Å². The predicted octanol–water partition coefficient (Wildman–Crippen LogP) is 3.19. The Hall–Kier alpha value is -2.67. The Morgan fingerprint density at radius 3 is 2.46 bits per heavy atom. The maximum Gasteiger partial charge on any atom is 0.275 e. The van der Waals surface area contributed by atoms with E-state index < -0.39 is 0 Å². The number of nitrogens with zero attached hydrogens (tertiary/aromatic N) is 4. The van der Waals surface area contributed by atoms with Crippen LogP contribution in [-0.2, 0) is 4.74 Å². The Morgan fingerprint density at radius 1 is 1.11 bits per heavy atom. The molecule has 2 aromatic rings. The summed E-state index contributed by atoms with van der Waals surface area (Å²) in [6.07, 6.45) is 5.33. The monoisotopic (exact) mass is 383 g/mol. The van der Waals surface area contributed by atoms with Gasteiger partial charge in [-0.15, -0.1) is 0 Å². The summed E-state index contributed by atoms with van der Waals surface area (Å²) in [5.74, 6) is 0.561. The van der Waals surface area contributed by atoms with Crippen molar-refractivity contribution in [3.63, 3.8) is 0 Å². The lowest BCUT2D eigenvalue weighted by Crippen LogP contribution is -2.36. The van der Waals surface area contributed by atoms with E-state index in [1.807, 2.05) is 24.3 Å². The summed E-state index contributed by atoms with van der Waals surface area (Å²) in [6, 6.07) is 7.82. The molecule has 1 aromatic carbocycles. The molecule has 1 aliphatic rings. The van der Waals surface area contributed by atoms with E-state index in [2.05, 4.69) is 38.9 Å². The molecule has 28 heavy (non-hydrogen) atoms. The van der Waals surface area contributed by atoms with E-state index in [-0.39, 0.29) is 5.91 Å². The highest BCUT2D eigenvalue weighted by Gasteiger charge is 2.17. The number of nitrogens with one attached hydrogen (secondary N) is 1. The van der Waals surface area contributed by atoms with Crippen molar-refractivity contribution in [1.29, 1.82) is 0 Å². The van der Waals surface area contributed by atoms with E-state index in [1.54, 1.807) is 12.4 Å². The third-order valence-electron chi connectivity index (χ3n) is 4.69. The van der Waals surface area contributed by atoms with Crippen LogP contribution in [-0.4, -0.2) is 55.3 Å². The SMILES string of the molecule is CCCN(CCC)c1cnc(C(=O)Nc2ccccc2N2CCOCC2)cn1. The number of hydrogen-bond donors (Lipinski definition) is 1. The van der Waals surface area contributed by atoms with Crippen molar-refractivity contribution in [2.24, 2.45) is 0 Å². The van der Waals surface area contributed by atoms with Crippen molar-refractivity contribution in [2.45, 2.75) is 26.7 Å². The number of ether oxygens (including phenoxy) is 1. The van der Waals surface area contributed by atoms with Crippen molar-refractivity contribution in [1.82, 2.24) is 9.97 Å². The van der Waals surface area contributed by atoms with Crippen LogP contribution in [0.1, 0.15) is 37.2 Å². The van der Waals surface area contributed by atoms with Crippen LogP contribution in [0.3, 0.4) is 0 Å². The number of aromatic nitrogens is 2. The van der Waals surface area contributed by atoms with E-state index in [9.17, 15) is 4.79 Å². The fraction of sp³-hybridized carbons (Fsp3) is 0.476. The molecule has 0 saturated carbocycles. The van der Waals surface area contributed by atoms with E-state index in [1.165, 1.54) is 0 Å². The van der Waals surface area contributed by atoms with Gasteiger partial charge in [0.05, 0.1) is 37.0 Å². The second-order valence-corrected chi connectivity index (χ2v) is 6.82. The number of rotatable bonds is 8. The van der Waals surface area contributed by atoms with Crippen LogP contribution in [0.5, 0.6) is 0 Å². The van der Waals surface area contributed by atoms with Gasteiger partial charge in [-0.1, -0.05) is 26.0 Å². The zero-order valence-corrected chi connectivity index (χ0v) is 16.7. The Balaban J connectivity index is 1.71. The number of para-hydroxylation sites is 2. The highest BCUT2D eigenvalue weighted by Crippen LogP contribution is 2.26. The summed E-state index contributed by atoms with van der Waals surface area (Å²) in [7, 11) is 0. The van der Waals surface area contributed by atoms with Crippen LogP contribution in [0.4, 0.5) is 17.2 Å². The molecular weight excluding hydrogens is 354 g/mol. The smallest absolute Gasteiger partial charge is 0.275 e. The van der Waals surface area contributed by atoms with Gasteiger partial charge < -0.3 is 19.9 Å². The molecule has 0 bridgehead atoms. The number of carbonyl (C=O) groups excluding carboxylic acids is 1. The summed E-state index contributed by atoms with van der Waals surface area (Å²) in [5.41, 5.74) is 2.09. The maximum atomic E-state index is 12.7. The number of morpholine rings is 1. The largest absolute Gasteiger partial charge is 0.378 e. The van der Waals surface area contributed by atoms with Gasteiger partial charge in [0.2, 0.25) is 0 Å². The van der Waals surface area contributed by atoms with Gasteiger partial charge in [0.1, 0.15) is 11.5 Å². The average molecular weight is 383 g/mol. The van der Waals surface area contributed by atoms with Crippen LogP contribution < -0.4 is 15.1 Å². The zero-order chi connectivity index (χ0) is 19.8. The summed E-state index contributed by atoms with van der Waals surface area (Å²) in [6.45, 7) is 9.16. The predicted molar refractivity (Wildman–Crippen MR) is 112 cm³/mol. The summed E-state index contributed by atoms with van der Waals surface area (Å²) >= 11 is 0. The third-order valence-corrected chi connectivity index (χ3v) is 4.69. The second kappa shape index (κ2) is 10.0. The highest BCUT2D eigenvalue weighted by atomic mass is 16.5. The Bertz CT molecular complexity index is 754. The molecule has 0 unspecified atom stereocenters. The molecule has 0 spiro atoms. The van der Waals surface area contributed by atoms with Gasteiger partial charge in [-0.2, -0.15) is 0 Å². The first-order valence-corrected chi connectivity index (χ1v) is 10.0. The molecule has 2 heterocycles. The quantitative estimate of drug-likeness (QED) is 0.755. The molecule has 1 N–H and O–H groups in total. The lowest BCUT2D eigenvalue weighted by Gasteiger charge is -2.30. The van der Waals surface area contributed by atoms with Gasteiger partial charge in [-0.25, -0.2) is 9.97 Å². The first-order chi connectivity index (χ1) is 13.7. The average Bonchev–Trinajstić information content (AvgIpc) is 2.75. The van der Waals surface area contributed by atoms with E-state index in [4.69, 9.17) is 4.74 Å². The molecule has 1 saturated heterocycles. The summed E-state index contributed by atoms with van der Waals surface area (Å²) < 4.78 is 5.43. The van der Waals surface area contributed by atoms with Crippen LogP contribution in [0, 0.1) is 0 Å². The Morgan fingerprint density at radius 2 is 1.82 bits per heavy atom. The Labute approximate surface area is 166 Å². The van der Waals surface area contributed by atoms with Crippen LogP contribution in [0.2, 0.25) is 0 Å². The standard InChI is InChI=1S/C21H29N5O2/c1-3-9-26(10-4-2)20-16-22-18(15-23-20)21(27)24-17-7-5-6-8-19(17)25-11-13-28-14-12-25/h5-8,15-16H,3-4,9-14H2,1-2H3,(H,24,27). The zero-order valence-electron chi connectivity index (χ0n) is 16.7. The molecular formula is C21H29N5O2. The fourth-order valence-corrected chi connectivity index (χ4v) is 3.33. The van der Waals surface area contributed by atoms with Crippen molar-refractivity contribution in [2.75, 3.05) is 54.5 Å². The number of carbonyl (C=O) groups is 1. The van der Waals surface area contributed by atoms with Gasteiger partial charge in [0.25, 0.3) is 5.91 Å². The summed E-state index contributed by atoms with van der Waals surface area (Å²) in [4.78, 5) is 26.0. The third kappa shape index (κ3) is 4.98. The van der Waals surface area contributed by atoms with Crippen molar-refractivity contribution < 1.29 is 9.53 Å². The molecule has 150 valence electrons. The van der Waals surface area contributed by atoms with Gasteiger partial charge >= 0.3 is 0 Å². The molecule has 3 rings (SSSR count). The minimum absolute atomic E-state index is 0.253. The summed E-state index contributed by atoms with van der Waals surface area (Å²) in [5, 5.41) is 2.99. The molecule has 7 nitrogen and oxygen atoms in total.